The van der Waals surface area contributed by atoms with Crippen molar-refractivity contribution in [3.63, 3.8) is 0 Å². The standard InChI is InChI=1S/C9H11N.C2H6.H2/c1-7-2-3-8-5-10-6-9(8)4-7;1-2;/h2-4,10H,5-6H2,1H3;1-2H3;1H. The molecule has 2 rings (SSSR count). The summed E-state index contributed by atoms with van der Waals surface area (Å²) in [5.41, 5.74) is 4.30. The fourth-order valence-electron chi connectivity index (χ4n) is 1.42. The Labute approximate surface area is 76.3 Å². The van der Waals surface area contributed by atoms with Crippen LogP contribution >= 0.6 is 0 Å². The molecule has 0 bridgehead atoms. The van der Waals surface area contributed by atoms with Gasteiger partial charge >= 0.3 is 0 Å². The Morgan fingerprint density at radius 1 is 1.17 bits per heavy atom. The maximum Gasteiger partial charge on any atom is 0.0212 e. The molecule has 0 aliphatic carbocycles. The lowest BCUT2D eigenvalue weighted by Gasteiger charge is -1.97. The first-order valence-electron chi connectivity index (χ1n) is 4.65. The van der Waals surface area contributed by atoms with Gasteiger partial charge in [-0.3, -0.25) is 0 Å². The summed E-state index contributed by atoms with van der Waals surface area (Å²) in [5, 5.41) is 3.31. The first-order valence-corrected chi connectivity index (χ1v) is 4.65. The molecule has 0 saturated carbocycles. The topological polar surface area (TPSA) is 12.0 Å². The van der Waals surface area contributed by atoms with Gasteiger partial charge in [0.2, 0.25) is 0 Å². The number of hydrogen-bond acceptors (Lipinski definition) is 1. The number of hydrogen-bond donors (Lipinski definition) is 1. The molecular weight excluding hydrogens is 146 g/mol. The first kappa shape index (κ1) is 9.27. The quantitative estimate of drug-likeness (QED) is 0.623. The second-order valence-corrected chi connectivity index (χ2v) is 2.88. The van der Waals surface area contributed by atoms with E-state index in [0.717, 1.165) is 13.1 Å². The zero-order chi connectivity index (χ0) is 8.97. The molecule has 12 heavy (non-hydrogen) atoms. The molecule has 0 saturated heterocycles. The molecule has 1 aromatic carbocycles. The fourth-order valence-corrected chi connectivity index (χ4v) is 1.42. The molecule has 1 heteroatoms. The predicted molar refractivity (Wildman–Crippen MR) is 55.2 cm³/mol. The van der Waals surface area contributed by atoms with E-state index in [9.17, 15) is 0 Å². The van der Waals surface area contributed by atoms with E-state index in [0.29, 0.717) is 0 Å². The predicted octanol–water partition coefficient (Wildman–Crippen LogP) is 2.87. The highest BCUT2D eigenvalue weighted by molar-refractivity contribution is 5.33. The minimum Gasteiger partial charge on any atom is -0.309 e. The van der Waals surface area contributed by atoms with Crippen molar-refractivity contribution in [3.8, 4) is 0 Å². The normalized spacial score (nSPS) is 13.2. The number of aryl methyl sites for hydroxylation is 1. The largest absolute Gasteiger partial charge is 0.309 e. The SMILES string of the molecule is CC.Cc1ccc2c(c1)CNC2.[HH]. The minimum absolute atomic E-state index is 0. The summed E-state index contributed by atoms with van der Waals surface area (Å²) in [6.45, 7) is 8.24. The Morgan fingerprint density at radius 2 is 1.83 bits per heavy atom. The van der Waals surface area contributed by atoms with Crippen LogP contribution in [-0.4, -0.2) is 0 Å². The lowest BCUT2D eigenvalue weighted by atomic mass is 10.1. The van der Waals surface area contributed by atoms with Crippen LogP contribution in [0, 0.1) is 6.92 Å². The van der Waals surface area contributed by atoms with Crippen molar-refractivity contribution < 1.29 is 1.43 Å². The average molecular weight is 165 g/mol. The van der Waals surface area contributed by atoms with E-state index in [1.807, 2.05) is 13.8 Å². The third kappa shape index (κ3) is 1.86. The van der Waals surface area contributed by atoms with Crippen molar-refractivity contribution in [2.24, 2.45) is 0 Å². The van der Waals surface area contributed by atoms with E-state index in [1.54, 1.807) is 0 Å². The van der Waals surface area contributed by atoms with E-state index in [-0.39, 0.29) is 1.43 Å². The summed E-state index contributed by atoms with van der Waals surface area (Å²) in [5.74, 6) is 0. The molecule has 1 aliphatic rings. The molecular formula is C11H19N. The van der Waals surface area contributed by atoms with E-state index in [2.05, 4.69) is 30.4 Å². The number of benzene rings is 1. The summed E-state index contributed by atoms with van der Waals surface area (Å²) in [6.07, 6.45) is 0. The molecule has 0 atom stereocenters. The van der Waals surface area contributed by atoms with Crippen molar-refractivity contribution in [3.05, 3.63) is 34.9 Å². The van der Waals surface area contributed by atoms with Gasteiger partial charge in [0.1, 0.15) is 0 Å². The van der Waals surface area contributed by atoms with Gasteiger partial charge in [0, 0.05) is 14.5 Å². The Balaban J connectivity index is 0.000000451. The molecule has 0 radical (unpaired) electrons. The van der Waals surface area contributed by atoms with Gasteiger partial charge in [0.05, 0.1) is 0 Å². The van der Waals surface area contributed by atoms with Crippen molar-refractivity contribution >= 4 is 0 Å². The van der Waals surface area contributed by atoms with Gasteiger partial charge in [-0.05, 0) is 18.1 Å². The Bertz CT molecular complexity index is 258. The highest BCUT2D eigenvalue weighted by atomic mass is 14.9. The Kier molecular flexibility index (Phi) is 3.30. The second kappa shape index (κ2) is 4.27. The lowest BCUT2D eigenvalue weighted by molar-refractivity contribution is 0.765. The molecule has 0 spiro atoms. The zero-order valence-corrected chi connectivity index (χ0v) is 8.15. The molecule has 1 aliphatic heterocycles. The fraction of sp³-hybridized carbons (Fsp3) is 0.455. The maximum atomic E-state index is 3.31. The van der Waals surface area contributed by atoms with E-state index in [4.69, 9.17) is 0 Å². The average Bonchev–Trinajstić information content (AvgIpc) is 2.54. The van der Waals surface area contributed by atoms with Gasteiger partial charge in [-0.2, -0.15) is 0 Å². The zero-order valence-electron chi connectivity index (χ0n) is 8.15. The highest BCUT2D eigenvalue weighted by Gasteiger charge is 2.07. The van der Waals surface area contributed by atoms with Crippen molar-refractivity contribution in [2.75, 3.05) is 0 Å². The summed E-state index contributed by atoms with van der Waals surface area (Å²) in [4.78, 5) is 0. The molecule has 1 N–H and O–H groups in total. The van der Waals surface area contributed by atoms with Crippen LogP contribution in [-0.2, 0) is 13.1 Å². The number of fused-ring (bicyclic) bond motifs is 1. The summed E-state index contributed by atoms with van der Waals surface area (Å²) < 4.78 is 0. The van der Waals surface area contributed by atoms with Crippen LogP contribution in [0.25, 0.3) is 0 Å². The van der Waals surface area contributed by atoms with Crippen LogP contribution < -0.4 is 5.32 Å². The Hall–Kier alpha value is -0.820. The molecule has 1 nitrogen and oxygen atoms in total. The van der Waals surface area contributed by atoms with Gasteiger partial charge in [0.25, 0.3) is 0 Å². The van der Waals surface area contributed by atoms with Gasteiger partial charge < -0.3 is 5.32 Å². The molecule has 0 fully saturated rings. The lowest BCUT2D eigenvalue weighted by Crippen LogP contribution is -1.99. The van der Waals surface area contributed by atoms with Gasteiger partial charge in [-0.25, -0.2) is 0 Å². The molecule has 1 aromatic rings. The van der Waals surface area contributed by atoms with Crippen LogP contribution in [0.15, 0.2) is 18.2 Å². The minimum atomic E-state index is 0. The Morgan fingerprint density at radius 3 is 2.58 bits per heavy atom. The van der Waals surface area contributed by atoms with E-state index in [1.165, 1.54) is 16.7 Å². The van der Waals surface area contributed by atoms with Gasteiger partial charge in [0.15, 0.2) is 0 Å². The summed E-state index contributed by atoms with van der Waals surface area (Å²) in [6, 6.07) is 6.64. The third-order valence-corrected chi connectivity index (χ3v) is 1.99. The molecule has 0 amide bonds. The van der Waals surface area contributed by atoms with Crippen molar-refractivity contribution in [2.45, 2.75) is 33.9 Å². The van der Waals surface area contributed by atoms with Gasteiger partial charge in [-0.15, -0.1) is 0 Å². The summed E-state index contributed by atoms with van der Waals surface area (Å²) in [7, 11) is 0. The van der Waals surface area contributed by atoms with E-state index < -0.39 is 0 Å². The second-order valence-electron chi connectivity index (χ2n) is 2.88. The summed E-state index contributed by atoms with van der Waals surface area (Å²) >= 11 is 0. The number of nitrogens with one attached hydrogen (secondary N) is 1. The van der Waals surface area contributed by atoms with E-state index >= 15 is 0 Å². The molecule has 0 unspecified atom stereocenters. The highest BCUT2D eigenvalue weighted by Crippen LogP contribution is 2.15. The maximum absolute atomic E-state index is 3.31. The van der Waals surface area contributed by atoms with Crippen molar-refractivity contribution in [1.29, 1.82) is 0 Å². The third-order valence-electron chi connectivity index (χ3n) is 1.99. The van der Waals surface area contributed by atoms with Gasteiger partial charge in [-0.1, -0.05) is 37.6 Å². The molecule has 0 aromatic heterocycles. The van der Waals surface area contributed by atoms with Crippen LogP contribution in [0.5, 0.6) is 0 Å². The smallest absolute Gasteiger partial charge is 0.0212 e. The first-order chi connectivity index (χ1) is 5.86. The van der Waals surface area contributed by atoms with Crippen molar-refractivity contribution in [1.82, 2.24) is 5.32 Å². The monoisotopic (exact) mass is 165 g/mol. The van der Waals surface area contributed by atoms with Crippen LogP contribution in [0.1, 0.15) is 32.0 Å². The molecule has 1 heterocycles. The number of rotatable bonds is 0. The van der Waals surface area contributed by atoms with Crippen LogP contribution in [0.3, 0.4) is 0 Å². The van der Waals surface area contributed by atoms with Crippen LogP contribution in [0.2, 0.25) is 0 Å². The molecule has 68 valence electrons. The van der Waals surface area contributed by atoms with Crippen LogP contribution in [0.4, 0.5) is 0 Å².